The Labute approximate surface area is 93.2 Å². The van der Waals surface area contributed by atoms with Crippen LogP contribution in [-0.4, -0.2) is 19.3 Å². The van der Waals surface area contributed by atoms with E-state index in [9.17, 15) is 5.11 Å². The molecular weight excluding hydrogens is 200 g/mol. The monoisotopic (exact) mass is 220 g/mol. The van der Waals surface area contributed by atoms with Crippen LogP contribution in [0, 0.1) is 0 Å². The van der Waals surface area contributed by atoms with E-state index >= 15 is 0 Å². The molecule has 1 aromatic carbocycles. The standard InChI is InChI=1S/C13H20OSi/c1-15(2,11-7-4-3-5-8-11)13-10-6-9-12(13)14/h3-5,7-8,12-14H,6,9-10H2,1-2H3/t12-,13+/m0/s1. The van der Waals surface area contributed by atoms with Gasteiger partial charge in [-0.05, 0) is 18.4 Å². The van der Waals surface area contributed by atoms with E-state index in [1.807, 2.05) is 0 Å². The van der Waals surface area contributed by atoms with Crippen molar-refractivity contribution >= 4 is 13.3 Å². The van der Waals surface area contributed by atoms with E-state index in [4.69, 9.17) is 0 Å². The molecule has 0 bridgehead atoms. The molecule has 0 spiro atoms. The fourth-order valence-corrected chi connectivity index (χ4v) is 6.40. The number of aliphatic hydroxyl groups is 1. The summed E-state index contributed by atoms with van der Waals surface area (Å²) in [5, 5.41) is 11.5. The second kappa shape index (κ2) is 4.10. The predicted octanol–water partition coefficient (Wildman–Crippen LogP) is 2.52. The van der Waals surface area contributed by atoms with Gasteiger partial charge in [0.2, 0.25) is 0 Å². The molecule has 0 aromatic heterocycles. The lowest BCUT2D eigenvalue weighted by atomic mass is 10.3. The lowest BCUT2D eigenvalue weighted by molar-refractivity contribution is 0.181. The zero-order valence-electron chi connectivity index (χ0n) is 9.61. The van der Waals surface area contributed by atoms with Crippen molar-refractivity contribution in [1.29, 1.82) is 0 Å². The minimum atomic E-state index is -1.46. The Balaban J connectivity index is 2.26. The molecule has 0 heterocycles. The average molecular weight is 220 g/mol. The maximum atomic E-state index is 10.0. The zero-order chi connectivity index (χ0) is 10.9. The first-order valence-electron chi connectivity index (χ1n) is 5.86. The third kappa shape index (κ3) is 2.01. The molecule has 0 aliphatic heterocycles. The Kier molecular flexibility index (Phi) is 2.98. The van der Waals surface area contributed by atoms with Gasteiger partial charge in [0.05, 0.1) is 14.2 Å². The van der Waals surface area contributed by atoms with Crippen molar-refractivity contribution in [2.75, 3.05) is 0 Å². The molecule has 1 fully saturated rings. The van der Waals surface area contributed by atoms with Gasteiger partial charge in [-0.25, -0.2) is 0 Å². The van der Waals surface area contributed by atoms with Gasteiger partial charge in [0, 0.05) is 0 Å². The molecule has 0 saturated heterocycles. The summed E-state index contributed by atoms with van der Waals surface area (Å²) >= 11 is 0. The Morgan fingerprint density at radius 3 is 2.33 bits per heavy atom. The lowest BCUT2D eigenvalue weighted by Gasteiger charge is -2.32. The van der Waals surface area contributed by atoms with Crippen molar-refractivity contribution in [3.63, 3.8) is 0 Å². The fourth-order valence-electron chi connectivity index (χ4n) is 2.86. The summed E-state index contributed by atoms with van der Waals surface area (Å²) < 4.78 is 0. The van der Waals surface area contributed by atoms with Crippen LogP contribution >= 0.6 is 0 Å². The molecule has 15 heavy (non-hydrogen) atoms. The summed E-state index contributed by atoms with van der Waals surface area (Å²) in [6.07, 6.45) is 3.38. The Morgan fingerprint density at radius 1 is 1.13 bits per heavy atom. The van der Waals surface area contributed by atoms with Gasteiger partial charge in [-0.3, -0.25) is 0 Å². The quantitative estimate of drug-likeness (QED) is 0.759. The maximum Gasteiger partial charge on any atom is 0.0862 e. The molecule has 0 unspecified atom stereocenters. The van der Waals surface area contributed by atoms with E-state index in [2.05, 4.69) is 43.4 Å². The van der Waals surface area contributed by atoms with E-state index in [1.165, 1.54) is 18.0 Å². The largest absolute Gasteiger partial charge is 0.393 e. The highest BCUT2D eigenvalue weighted by molar-refractivity contribution is 6.91. The van der Waals surface area contributed by atoms with Crippen LogP contribution in [0.1, 0.15) is 19.3 Å². The highest BCUT2D eigenvalue weighted by atomic mass is 28.3. The third-order valence-corrected chi connectivity index (χ3v) is 8.27. The van der Waals surface area contributed by atoms with E-state index in [1.54, 1.807) is 0 Å². The minimum Gasteiger partial charge on any atom is -0.393 e. The second-order valence-corrected chi connectivity index (χ2v) is 9.95. The maximum absolute atomic E-state index is 10.0. The van der Waals surface area contributed by atoms with Gasteiger partial charge in [0.1, 0.15) is 0 Å². The molecule has 1 aromatic rings. The summed E-state index contributed by atoms with van der Waals surface area (Å²) in [4.78, 5) is 0. The van der Waals surface area contributed by atoms with Crippen molar-refractivity contribution in [1.82, 2.24) is 0 Å². The first-order valence-corrected chi connectivity index (χ1v) is 8.93. The lowest BCUT2D eigenvalue weighted by Crippen LogP contribution is -2.48. The Morgan fingerprint density at radius 2 is 1.80 bits per heavy atom. The van der Waals surface area contributed by atoms with Gasteiger partial charge in [0.15, 0.2) is 0 Å². The van der Waals surface area contributed by atoms with Crippen LogP contribution in [0.2, 0.25) is 18.6 Å². The van der Waals surface area contributed by atoms with Gasteiger partial charge in [-0.2, -0.15) is 0 Å². The van der Waals surface area contributed by atoms with E-state index in [0.717, 1.165) is 6.42 Å². The normalized spacial score (nSPS) is 26.9. The molecule has 2 atom stereocenters. The zero-order valence-corrected chi connectivity index (χ0v) is 10.6. The smallest absolute Gasteiger partial charge is 0.0862 e. The van der Waals surface area contributed by atoms with Gasteiger partial charge >= 0.3 is 0 Å². The van der Waals surface area contributed by atoms with Crippen LogP contribution in [0.4, 0.5) is 0 Å². The Hall–Kier alpha value is -0.603. The highest BCUT2D eigenvalue weighted by Gasteiger charge is 2.40. The van der Waals surface area contributed by atoms with Gasteiger partial charge in [-0.1, -0.05) is 55.0 Å². The predicted molar refractivity (Wildman–Crippen MR) is 67.2 cm³/mol. The van der Waals surface area contributed by atoms with Crippen molar-refractivity contribution in [2.45, 2.75) is 44.0 Å². The molecule has 1 aliphatic rings. The molecule has 1 aliphatic carbocycles. The van der Waals surface area contributed by atoms with Crippen LogP contribution in [0.3, 0.4) is 0 Å². The molecule has 2 rings (SSSR count). The average Bonchev–Trinajstić information content (AvgIpc) is 2.66. The number of hydrogen-bond donors (Lipinski definition) is 1. The SMILES string of the molecule is C[Si](C)(c1ccccc1)[C@@H]1CCC[C@@H]1O. The molecule has 0 amide bonds. The van der Waals surface area contributed by atoms with Crippen LogP contribution in [-0.2, 0) is 0 Å². The van der Waals surface area contributed by atoms with Crippen LogP contribution in [0.5, 0.6) is 0 Å². The molecule has 2 heteroatoms. The van der Waals surface area contributed by atoms with Crippen molar-refractivity contribution in [3.8, 4) is 0 Å². The minimum absolute atomic E-state index is 0.0492. The van der Waals surface area contributed by atoms with Crippen LogP contribution < -0.4 is 5.19 Å². The molecule has 1 saturated carbocycles. The number of benzene rings is 1. The molecule has 0 radical (unpaired) electrons. The van der Waals surface area contributed by atoms with Crippen LogP contribution in [0.25, 0.3) is 0 Å². The van der Waals surface area contributed by atoms with E-state index < -0.39 is 8.07 Å². The topological polar surface area (TPSA) is 20.2 Å². The summed E-state index contributed by atoms with van der Waals surface area (Å²) in [7, 11) is -1.46. The number of hydrogen-bond acceptors (Lipinski definition) is 1. The molecular formula is C13H20OSi. The van der Waals surface area contributed by atoms with Gasteiger partial charge in [-0.15, -0.1) is 0 Å². The molecule has 1 N–H and O–H groups in total. The Bertz CT molecular complexity index is 321. The van der Waals surface area contributed by atoms with Gasteiger partial charge in [0.25, 0.3) is 0 Å². The van der Waals surface area contributed by atoms with Crippen molar-refractivity contribution in [2.24, 2.45) is 0 Å². The summed E-state index contributed by atoms with van der Waals surface area (Å²) in [6, 6.07) is 10.8. The van der Waals surface area contributed by atoms with Gasteiger partial charge < -0.3 is 5.11 Å². The first kappa shape index (κ1) is 10.9. The van der Waals surface area contributed by atoms with E-state index in [0.29, 0.717) is 5.54 Å². The molecule has 82 valence electrons. The third-order valence-electron chi connectivity index (χ3n) is 3.92. The summed E-state index contributed by atoms with van der Waals surface area (Å²) in [6.45, 7) is 4.78. The second-order valence-electron chi connectivity index (χ2n) is 5.19. The molecule has 1 nitrogen and oxygen atoms in total. The fraction of sp³-hybridized carbons (Fsp3) is 0.538. The van der Waals surface area contributed by atoms with Crippen molar-refractivity contribution in [3.05, 3.63) is 30.3 Å². The van der Waals surface area contributed by atoms with Crippen molar-refractivity contribution < 1.29 is 5.11 Å². The van der Waals surface area contributed by atoms with E-state index in [-0.39, 0.29) is 6.10 Å². The number of rotatable bonds is 2. The number of aliphatic hydroxyl groups excluding tert-OH is 1. The first-order chi connectivity index (χ1) is 7.12. The highest BCUT2D eigenvalue weighted by Crippen LogP contribution is 2.38. The summed E-state index contributed by atoms with van der Waals surface area (Å²) in [5.41, 5.74) is 0.555. The van der Waals surface area contributed by atoms with Crippen LogP contribution in [0.15, 0.2) is 30.3 Å². The summed E-state index contributed by atoms with van der Waals surface area (Å²) in [5.74, 6) is 0.